The molecular weight excluding hydrogens is 460 g/mol. The van der Waals surface area contributed by atoms with E-state index in [0.717, 1.165) is 32.1 Å². The van der Waals surface area contributed by atoms with Crippen molar-refractivity contribution in [3.8, 4) is 12.1 Å². The van der Waals surface area contributed by atoms with E-state index in [1.165, 1.54) is 24.3 Å². The maximum absolute atomic E-state index is 13.4. The molecule has 10 nitrogen and oxygen atoms in total. The topological polar surface area (TPSA) is 161 Å². The molecule has 1 atom stereocenters. The maximum Gasteiger partial charge on any atom is 0.269 e. The standard InChI is InChI=1S/C26H24N6O4/c27-14-17(15-28)22(16-10-12-19(13-11-16)32(35)36)24(29-18-6-2-1-3-7-18)23-25(33)30-20-8-4-5-9-21(20)31-26(23)34/h4-5,8-13,17-18,22,29H,1-3,6-7H2,(H,30,33)(H,31,34). The van der Waals surface area contributed by atoms with Gasteiger partial charge in [-0.3, -0.25) is 19.7 Å². The van der Waals surface area contributed by atoms with Crippen LogP contribution >= 0.6 is 0 Å². The number of nitriles is 2. The van der Waals surface area contributed by atoms with Gasteiger partial charge in [0.1, 0.15) is 11.5 Å². The van der Waals surface area contributed by atoms with E-state index in [0.29, 0.717) is 16.9 Å². The second-order valence-electron chi connectivity index (χ2n) is 8.78. The number of hydrogen-bond acceptors (Lipinski definition) is 7. The number of para-hydroxylation sites is 2. The van der Waals surface area contributed by atoms with Crippen molar-refractivity contribution < 1.29 is 14.5 Å². The lowest BCUT2D eigenvalue weighted by atomic mass is 9.81. The zero-order valence-electron chi connectivity index (χ0n) is 19.4. The van der Waals surface area contributed by atoms with Crippen molar-refractivity contribution in [2.45, 2.75) is 44.1 Å². The molecule has 1 aliphatic carbocycles. The molecule has 1 heterocycles. The first kappa shape index (κ1) is 24.4. The van der Waals surface area contributed by atoms with Crippen LogP contribution < -0.4 is 16.0 Å². The summed E-state index contributed by atoms with van der Waals surface area (Å²) >= 11 is 0. The first-order chi connectivity index (χ1) is 17.4. The lowest BCUT2D eigenvalue weighted by molar-refractivity contribution is -0.384. The highest BCUT2D eigenvalue weighted by atomic mass is 16.6. The zero-order valence-corrected chi connectivity index (χ0v) is 19.4. The number of nitro groups is 1. The van der Waals surface area contributed by atoms with Gasteiger partial charge in [0.2, 0.25) is 0 Å². The highest BCUT2D eigenvalue weighted by Crippen LogP contribution is 2.36. The van der Waals surface area contributed by atoms with Crippen molar-refractivity contribution >= 4 is 28.9 Å². The largest absolute Gasteiger partial charge is 0.384 e. The molecule has 0 saturated heterocycles. The molecule has 182 valence electrons. The van der Waals surface area contributed by atoms with Gasteiger partial charge in [-0.05, 0) is 30.5 Å². The van der Waals surface area contributed by atoms with Crippen LogP contribution in [0.3, 0.4) is 0 Å². The van der Waals surface area contributed by atoms with Crippen LogP contribution in [0.15, 0.2) is 59.8 Å². The van der Waals surface area contributed by atoms with Gasteiger partial charge < -0.3 is 16.0 Å². The number of fused-ring (bicyclic) bond motifs is 1. The van der Waals surface area contributed by atoms with Crippen molar-refractivity contribution in [1.82, 2.24) is 5.32 Å². The van der Waals surface area contributed by atoms with E-state index in [1.54, 1.807) is 24.3 Å². The smallest absolute Gasteiger partial charge is 0.269 e. The van der Waals surface area contributed by atoms with Crippen molar-refractivity contribution in [2.24, 2.45) is 5.92 Å². The van der Waals surface area contributed by atoms with Crippen LogP contribution in [0.25, 0.3) is 0 Å². The molecule has 1 saturated carbocycles. The van der Waals surface area contributed by atoms with Gasteiger partial charge in [-0.2, -0.15) is 10.5 Å². The molecule has 2 aromatic carbocycles. The number of non-ortho nitro benzene ring substituents is 1. The van der Waals surface area contributed by atoms with Crippen LogP contribution in [0.4, 0.5) is 17.1 Å². The minimum atomic E-state index is -1.27. The van der Waals surface area contributed by atoms with E-state index in [1.807, 2.05) is 12.1 Å². The number of allylic oxidation sites excluding steroid dienone is 1. The van der Waals surface area contributed by atoms with Gasteiger partial charge in [0, 0.05) is 23.9 Å². The number of nitrogens with one attached hydrogen (secondary N) is 3. The quantitative estimate of drug-likeness (QED) is 0.240. The molecule has 0 bridgehead atoms. The number of hydrogen-bond donors (Lipinski definition) is 3. The summed E-state index contributed by atoms with van der Waals surface area (Å²) in [5, 5.41) is 39.7. The van der Waals surface area contributed by atoms with E-state index in [2.05, 4.69) is 16.0 Å². The van der Waals surface area contributed by atoms with Gasteiger partial charge in [0.25, 0.3) is 17.5 Å². The molecule has 36 heavy (non-hydrogen) atoms. The number of benzene rings is 2. The Morgan fingerprint density at radius 3 is 2.00 bits per heavy atom. The molecule has 2 amide bonds. The van der Waals surface area contributed by atoms with Crippen molar-refractivity contribution in [2.75, 3.05) is 10.6 Å². The summed E-state index contributed by atoms with van der Waals surface area (Å²) in [6, 6.07) is 16.1. The molecule has 2 aromatic rings. The van der Waals surface area contributed by atoms with Crippen molar-refractivity contribution in [3.63, 3.8) is 0 Å². The molecule has 4 rings (SSSR count). The predicted molar refractivity (Wildman–Crippen MR) is 131 cm³/mol. The Kier molecular flexibility index (Phi) is 7.26. The fourth-order valence-corrected chi connectivity index (χ4v) is 4.71. The summed E-state index contributed by atoms with van der Waals surface area (Å²) < 4.78 is 0. The van der Waals surface area contributed by atoms with Crippen LogP contribution in [0.1, 0.15) is 43.6 Å². The molecule has 2 aliphatic rings. The number of carbonyl (C=O) groups is 2. The predicted octanol–water partition coefficient (Wildman–Crippen LogP) is 4.11. The Labute approximate surface area is 207 Å². The average molecular weight is 485 g/mol. The van der Waals surface area contributed by atoms with Crippen LogP contribution in [0.2, 0.25) is 0 Å². The van der Waals surface area contributed by atoms with E-state index < -0.39 is 28.6 Å². The average Bonchev–Trinajstić information content (AvgIpc) is 3.01. The number of amides is 2. The molecule has 0 spiro atoms. The molecule has 10 heteroatoms. The Bertz CT molecular complexity index is 1250. The van der Waals surface area contributed by atoms with Crippen LogP contribution in [0.5, 0.6) is 0 Å². The number of anilines is 2. The summed E-state index contributed by atoms with van der Waals surface area (Å²) in [5.74, 6) is -3.62. The number of nitrogens with zero attached hydrogens (tertiary/aromatic N) is 3. The number of nitro benzene ring substituents is 1. The first-order valence-corrected chi connectivity index (χ1v) is 11.7. The highest BCUT2D eigenvalue weighted by Gasteiger charge is 2.37. The van der Waals surface area contributed by atoms with E-state index in [9.17, 15) is 30.2 Å². The normalized spacial score (nSPS) is 16.5. The molecule has 1 fully saturated rings. The molecule has 3 N–H and O–H groups in total. The minimum absolute atomic E-state index is 0.0638. The maximum atomic E-state index is 13.4. The van der Waals surface area contributed by atoms with Crippen LogP contribution in [-0.2, 0) is 9.59 Å². The Balaban J connectivity index is 1.89. The van der Waals surface area contributed by atoms with Gasteiger partial charge in [-0.15, -0.1) is 0 Å². The van der Waals surface area contributed by atoms with Gasteiger partial charge in [0.15, 0.2) is 0 Å². The molecule has 1 aliphatic heterocycles. The van der Waals surface area contributed by atoms with Crippen LogP contribution in [0, 0.1) is 38.7 Å². The van der Waals surface area contributed by atoms with Crippen molar-refractivity contribution in [3.05, 3.63) is 75.5 Å². The van der Waals surface area contributed by atoms with Gasteiger partial charge in [-0.1, -0.05) is 43.5 Å². The highest BCUT2D eigenvalue weighted by molar-refractivity contribution is 6.29. The molecule has 0 aromatic heterocycles. The summed E-state index contributed by atoms with van der Waals surface area (Å²) in [5.41, 5.74) is 1.03. The van der Waals surface area contributed by atoms with E-state index >= 15 is 0 Å². The van der Waals surface area contributed by atoms with Crippen molar-refractivity contribution in [1.29, 1.82) is 10.5 Å². The van der Waals surface area contributed by atoms with Gasteiger partial charge in [0.05, 0.1) is 34.4 Å². The van der Waals surface area contributed by atoms with E-state index in [4.69, 9.17) is 0 Å². The molecule has 1 unspecified atom stereocenters. The third-order valence-corrected chi connectivity index (χ3v) is 6.50. The SMILES string of the molecule is N#CC(C#N)C(C(NC1CCCCC1)=C1C(=O)Nc2ccccc2NC1=O)c1ccc([N+](=O)[O-])cc1. The monoisotopic (exact) mass is 484 g/mol. The van der Waals surface area contributed by atoms with E-state index in [-0.39, 0.29) is 23.0 Å². The summed E-state index contributed by atoms with van der Waals surface area (Å²) in [7, 11) is 0. The zero-order chi connectivity index (χ0) is 25.7. The minimum Gasteiger partial charge on any atom is -0.384 e. The van der Waals surface area contributed by atoms with Crippen LogP contribution in [-0.4, -0.2) is 22.8 Å². The molecular formula is C26H24N6O4. The number of rotatable bonds is 6. The fourth-order valence-electron chi connectivity index (χ4n) is 4.71. The summed E-state index contributed by atoms with van der Waals surface area (Å²) in [6.45, 7) is 0. The second kappa shape index (κ2) is 10.7. The lowest BCUT2D eigenvalue weighted by Crippen LogP contribution is -2.38. The first-order valence-electron chi connectivity index (χ1n) is 11.7. The summed E-state index contributed by atoms with van der Waals surface area (Å²) in [6.07, 6.45) is 4.61. The summed E-state index contributed by atoms with van der Waals surface area (Å²) in [4.78, 5) is 37.5. The fraction of sp³-hybridized carbons (Fsp3) is 0.308. The second-order valence-corrected chi connectivity index (χ2v) is 8.78. The third-order valence-electron chi connectivity index (χ3n) is 6.50. The Morgan fingerprint density at radius 1 is 0.944 bits per heavy atom. The third kappa shape index (κ3) is 5.03. The Morgan fingerprint density at radius 2 is 1.50 bits per heavy atom. The van der Waals surface area contributed by atoms with Gasteiger partial charge >= 0.3 is 0 Å². The Hall–Kier alpha value is -4.70. The van der Waals surface area contributed by atoms with Gasteiger partial charge in [-0.25, -0.2) is 0 Å². The molecule has 0 radical (unpaired) electrons. The number of carbonyl (C=O) groups excluding carboxylic acids is 2. The lowest BCUT2D eigenvalue weighted by Gasteiger charge is -2.31.